The minimum Gasteiger partial charge on any atom is -0.402 e. The Kier molecular flexibility index (Phi) is 4.41. The molecule has 0 aliphatic rings. The van der Waals surface area contributed by atoms with Crippen molar-refractivity contribution in [2.75, 3.05) is 0 Å². The Morgan fingerprint density at radius 1 is 1.42 bits per heavy atom. The Balaban J connectivity index is 3.12. The first kappa shape index (κ1) is 15.3. The molecular weight excluding hydrogens is 288 g/mol. The number of hydrogen-bond acceptors (Lipinski definition) is 2. The van der Waals surface area contributed by atoms with E-state index in [1.165, 1.54) is 13.0 Å². The third-order valence-electron chi connectivity index (χ3n) is 1.92. The average molecular weight is 298 g/mol. The minimum atomic E-state index is -4.70. The molecule has 1 rings (SSSR count). The van der Waals surface area contributed by atoms with Crippen LogP contribution in [0.25, 0.3) is 0 Å². The van der Waals surface area contributed by atoms with E-state index in [4.69, 9.17) is 27.5 Å². The monoisotopic (exact) mass is 297 g/mol. The van der Waals surface area contributed by atoms with E-state index < -0.39 is 28.3 Å². The number of allylic oxidation sites excluding steroid dienone is 1. The van der Waals surface area contributed by atoms with Gasteiger partial charge in [-0.3, -0.25) is 0 Å². The van der Waals surface area contributed by atoms with Gasteiger partial charge in [-0.1, -0.05) is 11.6 Å². The molecule has 0 heterocycles. The summed E-state index contributed by atoms with van der Waals surface area (Å²) in [7, 11) is 0. The SMILES string of the molecule is C/C(N)=C/C(=[NH2+])Oc1c(F)cc(C(F)(F)F)cc1Cl. The molecule has 0 saturated heterocycles. The Bertz CT molecular complexity index is 513. The van der Waals surface area contributed by atoms with Gasteiger partial charge in [0.1, 0.15) is 0 Å². The van der Waals surface area contributed by atoms with E-state index in [-0.39, 0.29) is 17.7 Å². The van der Waals surface area contributed by atoms with Crippen molar-refractivity contribution in [1.29, 1.82) is 0 Å². The van der Waals surface area contributed by atoms with E-state index in [1.807, 2.05) is 0 Å². The van der Waals surface area contributed by atoms with Gasteiger partial charge in [0.15, 0.2) is 11.6 Å². The summed E-state index contributed by atoms with van der Waals surface area (Å²) >= 11 is 5.54. The highest BCUT2D eigenvalue weighted by atomic mass is 35.5. The maximum absolute atomic E-state index is 13.5. The van der Waals surface area contributed by atoms with Crippen molar-refractivity contribution in [3.63, 3.8) is 0 Å². The van der Waals surface area contributed by atoms with Crippen LogP contribution in [0.3, 0.4) is 0 Å². The van der Waals surface area contributed by atoms with Crippen LogP contribution in [0.4, 0.5) is 17.6 Å². The summed E-state index contributed by atoms with van der Waals surface area (Å²) in [5.41, 5.74) is 4.37. The highest BCUT2D eigenvalue weighted by Gasteiger charge is 2.32. The summed E-state index contributed by atoms with van der Waals surface area (Å²) in [6, 6.07) is 0.819. The first-order chi connectivity index (χ1) is 8.61. The molecule has 0 fully saturated rings. The van der Waals surface area contributed by atoms with Crippen molar-refractivity contribution in [2.24, 2.45) is 5.73 Å². The van der Waals surface area contributed by atoms with Crippen molar-refractivity contribution in [1.82, 2.24) is 0 Å². The van der Waals surface area contributed by atoms with E-state index in [2.05, 4.69) is 0 Å². The number of benzene rings is 1. The van der Waals surface area contributed by atoms with Crippen LogP contribution in [0.1, 0.15) is 12.5 Å². The van der Waals surface area contributed by atoms with Gasteiger partial charge in [0.05, 0.1) is 16.7 Å². The molecule has 3 nitrogen and oxygen atoms in total. The zero-order valence-electron chi connectivity index (χ0n) is 9.68. The molecule has 0 spiro atoms. The minimum absolute atomic E-state index is 0.271. The zero-order valence-corrected chi connectivity index (χ0v) is 10.4. The van der Waals surface area contributed by atoms with Crippen LogP contribution in [0.5, 0.6) is 5.75 Å². The number of rotatable bonds is 2. The molecule has 0 atom stereocenters. The topological polar surface area (TPSA) is 60.8 Å². The van der Waals surface area contributed by atoms with Gasteiger partial charge in [0.25, 0.3) is 0 Å². The van der Waals surface area contributed by atoms with Gasteiger partial charge in [-0.05, 0) is 19.1 Å². The number of ether oxygens (including phenoxy) is 1. The quantitative estimate of drug-likeness (QED) is 0.497. The molecule has 4 N–H and O–H groups in total. The second-order valence-electron chi connectivity index (χ2n) is 3.66. The fourth-order valence-electron chi connectivity index (χ4n) is 1.19. The summed E-state index contributed by atoms with van der Waals surface area (Å²) in [4.78, 5) is 0. The number of alkyl halides is 3. The van der Waals surface area contributed by atoms with Crippen LogP contribution in [0, 0.1) is 5.82 Å². The number of hydrogen-bond donors (Lipinski definition) is 2. The third kappa shape index (κ3) is 4.13. The molecule has 1 aromatic rings. The molecular formula is C11H10ClF4N2O+. The van der Waals surface area contributed by atoms with E-state index in [0.717, 1.165) is 0 Å². The molecule has 104 valence electrons. The Morgan fingerprint density at radius 2 is 2.00 bits per heavy atom. The highest BCUT2D eigenvalue weighted by Crippen LogP contribution is 2.36. The molecule has 0 amide bonds. The molecule has 19 heavy (non-hydrogen) atoms. The van der Waals surface area contributed by atoms with E-state index in [9.17, 15) is 17.6 Å². The van der Waals surface area contributed by atoms with Gasteiger partial charge in [0, 0.05) is 5.70 Å². The van der Waals surface area contributed by atoms with Crippen molar-refractivity contribution in [3.05, 3.63) is 40.3 Å². The Morgan fingerprint density at radius 3 is 2.42 bits per heavy atom. The molecule has 0 unspecified atom stereocenters. The fourth-order valence-corrected chi connectivity index (χ4v) is 1.44. The predicted molar refractivity (Wildman–Crippen MR) is 61.9 cm³/mol. The van der Waals surface area contributed by atoms with Crippen LogP contribution in [-0.4, -0.2) is 5.90 Å². The maximum atomic E-state index is 13.5. The number of nitrogens with two attached hydrogens (primary N) is 2. The van der Waals surface area contributed by atoms with Gasteiger partial charge >= 0.3 is 12.1 Å². The molecule has 1 aromatic carbocycles. The van der Waals surface area contributed by atoms with Gasteiger partial charge in [-0.25, -0.2) is 9.80 Å². The second kappa shape index (κ2) is 5.48. The second-order valence-corrected chi connectivity index (χ2v) is 4.07. The normalized spacial score (nSPS) is 12.4. The fraction of sp³-hybridized carbons (Fsp3) is 0.182. The first-order valence-electron chi connectivity index (χ1n) is 4.91. The summed E-state index contributed by atoms with van der Waals surface area (Å²) in [6.45, 7) is 1.50. The van der Waals surface area contributed by atoms with Gasteiger partial charge in [-0.15, -0.1) is 0 Å². The molecule has 0 aliphatic heterocycles. The summed E-state index contributed by atoms with van der Waals surface area (Å²) in [5, 5.41) is 4.82. The van der Waals surface area contributed by atoms with Crippen molar-refractivity contribution >= 4 is 17.5 Å². The molecule has 0 radical (unpaired) electrons. The van der Waals surface area contributed by atoms with Crippen molar-refractivity contribution < 1.29 is 27.7 Å². The predicted octanol–water partition coefficient (Wildman–Crippen LogP) is 1.90. The Labute approximate surface area is 111 Å². The van der Waals surface area contributed by atoms with Crippen LogP contribution in [-0.2, 0) is 6.18 Å². The lowest BCUT2D eigenvalue weighted by Gasteiger charge is -2.10. The van der Waals surface area contributed by atoms with Crippen LogP contribution >= 0.6 is 11.6 Å². The molecule has 0 aromatic heterocycles. The standard InChI is InChI=1S/C11H9ClF4N2O/c1-5(17)2-9(18)19-10-7(12)3-6(4-8(10)13)11(14,15)16/h2-4,18H,17H2,1H3/p+1/b5-2-,18-9?. The zero-order chi connectivity index (χ0) is 14.8. The lowest BCUT2D eigenvalue weighted by atomic mass is 10.2. The summed E-state index contributed by atoms with van der Waals surface area (Å²) < 4.78 is 55.5. The van der Waals surface area contributed by atoms with Gasteiger partial charge in [-0.2, -0.15) is 13.2 Å². The maximum Gasteiger partial charge on any atom is 0.416 e. The van der Waals surface area contributed by atoms with Gasteiger partial charge in [0.2, 0.25) is 0 Å². The van der Waals surface area contributed by atoms with Crippen LogP contribution < -0.4 is 15.9 Å². The summed E-state index contributed by atoms with van der Waals surface area (Å²) in [5.74, 6) is -2.16. The highest BCUT2D eigenvalue weighted by molar-refractivity contribution is 6.32. The van der Waals surface area contributed by atoms with Gasteiger partial charge < -0.3 is 10.5 Å². The van der Waals surface area contributed by atoms with E-state index in [0.29, 0.717) is 6.07 Å². The molecule has 0 aliphatic carbocycles. The summed E-state index contributed by atoms with van der Waals surface area (Å²) in [6.07, 6.45) is -3.53. The Hall–Kier alpha value is -1.76. The molecule has 0 bridgehead atoms. The lowest BCUT2D eigenvalue weighted by molar-refractivity contribution is -0.137. The van der Waals surface area contributed by atoms with E-state index in [1.54, 1.807) is 0 Å². The largest absolute Gasteiger partial charge is 0.416 e. The smallest absolute Gasteiger partial charge is 0.402 e. The molecule has 8 heteroatoms. The first-order valence-corrected chi connectivity index (χ1v) is 5.29. The molecule has 0 saturated carbocycles. The van der Waals surface area contributed by atoms with E-state index >= 15 is 0 Å². The lowest BCUT2D eigenvalue weighted by Crippen LogP contribution is -2.42. The van der Waals surface area contributed by atoms with Crippen molar-refractivity contribution in [2.45, 2.75) is 13.1 Å². The third-order valence-corrected chi connectivity index (χ3v) is 2.20. The van der Waals surface area contributed by atoms with Crippen LogP contribution in [0.15, 0.2) is 23.9 Å². The average Bonchev–Trinajstić information content (AvgIpc) is 2.20. The van der Waals surface area contributed by atoms with Crippen LogP contribution in [0.2, 0.25) is 5.02 Å². The number of halogens is 5. The van der Waals surface area contributed by atoms with Crippen molar-refractivity contribution in [3.8, 4) is 5.75 Å².